The lowest BCUT2D eigenvalue weighted by Crippen LogP contribution is -2.52. The summed E-state index contributed by atoms with van der Waals surface area (Å²) in [5.74, 6) is 0.810. The highest BCUT2D eigenvalue weighted by atomic mass is 16.5. The number of hydrogen-bond acceptors (Lipinski definition) is 3. The lowest BCUT2D eigenvalue weighted by atomic mass is 9.90. The summed E-state index contributed by atoms with van der Waals surface area (Å²) in [6.07, 6.45) is 2.91. The van der Waals surface area contributed by atoms with Crippen molar-refractivity contribution < 1.29 is 9.53 Å². The molecule has 1 rings (SSSR count). The SMILES string of the molecule is CCC(CC)C(CNC(=O)CC(C)(C)C)N1CCOCC1. The summed E-state index contributed by atoms with van der Waals surface area (Å²) in [6.45, 7) is 15.2. The molecule has 0 aliphatic carbocycles. The Labute approximate surface area is 130 Å². The molecule has 1 saturated heterocycles. The molecule has 124 valence electrons. The van der Waals surface area contributed by atoms with Crippen LogP contribution in [0.5, 0.6) is 0 Å². The highest BCUT2D eigenvalue weighted by molar-refractivity contribution is 5.76. The predicted octanol–water partition coefficient (Wildman–Crippen LogP) is 2.68. The minimum Gasteiger partial charge on any atom is -0.379 e. The Morgan fingerprint density at radius 1 is 1.19 bits per heavy atom. The van der Waals surface area contributed by atoms with Gasteiger partial charge in [0.1, 0.15) is 0 Å². The van der Waals surface area contributed by atoms with Crippen LogP contribution in [0.3, 0.4) is 0 Å². The van der Waals surface area contributed by atoms with Crippen LogP contribution in [0.4, 0.5) is 0 Å². The van der Waals surface area contributed by atoms with Crippen molar-refractivity contribution in [3.63, 3.8) is 0 Å². The Morgan fingerprint density at radius 2 is 1.76 bits per heavy atom. The van der Waals surface area contributed by atoms with E-state index in [-0.39, 0.29) is 11.3 Å². The molecule has 1 amide bonds. The van der Waals surface area contributed by atoms with Gasteiger partial charge in [-0.05, 0) is 11.3 Å². The Kier molecular flexibility index (Phi) is 7.67. The number of amides is 1. The normalized spacial score (nSPS) is 18.8. The number of nitrogens with zero attached hydrogens (tertiary/aromatic N) is 1. The molecule has 1 aliphatic heterocycles. The van der Waals surface area contributed by atoms with Crippen molar-refractivity contribution in [3.05, 3.63) is 0 Å². The summed E-state index contributed by atoms with van der Waals surface area (Å²) in [4.78, 5) is 14.6. The van der Waals surface area contributed by atoms with Crippen molar-refractivity contribution in [1.29, 1.82) is 0 Å². The number of hydrogen-bond donors (Lipinski definition) is 1. The second-order valence-electron chi connectivity index (χ2n) is 7.33. The molecule has 1 N–H and O–H groups in total. The third-order valence-corrected chi connectivity index (χ3v) is 4.31. The number of rotatable bonds is 7. The van der Waals surface area contributed by atoms with E-state index < -0.39 is 0 Å². The molecular weight excluding hydrogens is 264 g/mol. The van der Waals surface area contributed by atoms with Crippen molar-refractivity contribution in [2.24, 2.45) is 11.3 Å². The van der Waals surface area contributed by atoms with Gasteiger partial charge in [0.15, 0.2) is 0 Å². The molecule has 0 aromatic heterocycles. The first-order valence-corrected chi connectivity index (χ1v) is 8.46. The first-order valence-electron chi connectivity index (χ1n) is 8.46. The van der Waals surface area contributed by atoms with Gasteiger partial charge in [0.25, 0.3) is 0 Å². The van der Waals surface area contributed by atoms with Gasteiger partial charge in [-0.15, -0.1) is 0 Å². The maximum Gasteiger partial charge on any atom is 0.220 e. The number of carbonyl (C=O) groups is 1. The average molecular weight is 298 g/mol. The number of nitrogens with one attached hydrogen (secondary N) is 1. The second kappa shape index (κ2) is 8.74. The zero-order chi connectivity index (χ0) is 15.9. The molecule has 1 atom stereocenters. The van der Waals surface area contributed by atoms with Crippen LogP contribution in [-0.4, -0.2) is 49.7 Å². The van der Waals surface area contributed by atoms with Crippen molar-refractivity contribution >= 4 is 5.91 Å². The van der Waals surface area contributed by atoms with E-state index in [4.69, 9.17) is 4.74 Å². The van der Waals surface area contributed by atoms with Crippen LogP contribution in [0.1, 0.15) is 53.9 Å². The van der Waals surface area contributed by atoms with Crippen molar-refractivity contribution in [1.82, 2.24) is 10.2 Å². The Morgan fingerprint density at radius 3 is 2.24 bits per heavy atom. The van der Waals surface area contributed by atoms with Crippen molar-refractivity contribution in [2.75, 3.05) is 32.8 Å². The fourth-order valence-corrected chi connectivity index (χ4v) is 3.10. The van der Waals surface area contributed by atoms with Gasteiger partial charge in [0.2, 0.25) is 5.91 Å². The lowest BCUT2D eigenvalue weighted by molar-refractivity contribution is -0.123. The molecule has 21 heavy (non-hydrogen) atoms. The molecule has 1 aliphatic rings. The smallest absolute Gasteiger partial charge is 0.220 e. The number of morpholine rings is 1. The molecule has 0 radical (unpaired) electrons. The third kappa shape index (κ3) is 6.79. The molecule has 0 aromatic carbocycles. The maximum atomic E-state index is 12.1. The van der Waals surface area contributed by atoms with Crippen molar-refractivity contribution in [3.8, 4) is 0 Å². The fourth-order valence-electron chi connectivity index (χ4n) is 3.10. The summed E-state index contributed by atoms with van der Waals surface area (Å²) >= 11 is 0. The minimum atomic E-state index is 0.0491. The first kappa shape index (κ1) is 18.4. The molecule has 1 fully saturated rings. The lowest BCUT2D eigenvalue weighted by Gasteiger charge is -2.39. The summed E-state index contributed by atoms with van der Waals surface area (Å²) in [5.41, 5.74) is 0.0491. The van der Waals surface area contributed by atoms with Crippen LogP contribution in [0.2, 0.25) is 0 Å². The van der Waals surface area contributed by atoms with Gasteiger partial charge >= 0.3 is 0 Å². The van der Waals surface area contributed by atoms with E-state index in [0.29, 0.717) is 18.4 Å². The van der Waals surface area contributed by atoms with E-state index in [0.717, 1.165) is 45.7 Å². The van der Waals surface area contributed by atoms with Gasteiger partial charge in [-0.2, -0.15) is 0 Å². The van der Waals surface area contributed by atoms with Crippen molar-refractivity contribution in [2.45, 2.75) is 59.9 Å². The summed E-state index contributed by atoms with van der Waals surface area (Å²) in [6, 6.07) is 0.438. The molecule has 4 heteroatoms. The summed E-state index contributed by atoms with van der Waals surface area (Å²) in [7, 11) is 0. The molecule has 4 nitrogen and oxygen atoms in total. The van der Waals surface area contributed by atoms with Crippen LogP contribution in [0, 0.1) is 11.3 Å². The van der Waals surface area contributed by atoms with E-state index >= 15 is 0 Å². The van der Waals surface area contributed by atoms with E-state index in [1.54, 1.807) is 0 Å². The first-order chi connectivity index (χ1) is 9.87. The Hall–Kier alpha value is -0.610. The standard InChI is InChI=1S/C17H34N2O2/c1-6-14(7-2)15(19-8-10-21-11-9-19)13-18-16(20)12-17(3,4)5/h14-15H,6-13H2,1-5H3,(H,18,20). The third-order valence-electron chi connectivity index (χ3n) is 4.31. The van der Waals surface area contributed by atoms with Gasteiger partial charge in [-0.25, -0.2) is 0 Å². The van der Waals surface area contributed by atoms with Gasteiger partial charge in [0.05, 0.1) is 13.2 Å². The zero-order valence-corrected chi connectivity index (χ0v) is 14.6. The Bertz CT molecular complexity index is 302. The number of carbonyl (C=O) groups excluding carboxylic acids is 1. The average Bonchev–Trinajstić information content (AvgIpc) is 2.42. The van der Waals surface area contributed by atoms with Gasteiger partial charge in [-0.1, -0.05) is 47.5 Å². The highest BCUT2D eigenvalue weighted by Crippen LogP contribution is 2.21. The molecule has 0 aromatic rings. The molecule has 1 heterocycles. The largest absolute Gasteiger partial charge is 0.379 e. The van der Waals surface area contributed by atoms with Crippen LogP contribution < -0.4 is 5.32 Å². The van der Waals surface area contributed by atoms with Gasteiger partial charge in [-0.3, -0.25) is 9.69 Å². The molecular formula is C17H34N2O2. The van der Waals surface area contributed by atoms with E-state index in [9.17, 15) is 4.79 Å². The van der Waals surface area contributed by atoms with Crippen LogP contribution in [0.25, 0.3) is 0 Å². The molecule has 0 spiro atoms. The van der Waals surface area contributed by atoms with Crippen LogP contribution in [-0.2, 0) is 9.53 Å². The Balaban J connectivity index is 2.58. The minimum absolute atomic E-state index is 0.0491. The second-order valence-corrected chi connectivity index (χ2v) is 7.33. The van der Waals surface area contributed by atoms with E-state index in [2.05, 4.69) is 44.8 Å². The summed E-state index contributed by atoms with van der Waals surface area (Å²) in [5, 5.41) is 3.16. The highest BCUT2D eigenvalue weighted by Gasteiger charge is 2.27. The summed E-state index contributed by atoms with van der Waals surface area (Å²) < 4.78 is 5.46. The monoisotopic (exact) mass is 298 g/mol. The maximum absolute atomic E-state index is 12.1. The number of ether oxygens (including phenoxy) is 1. The molecule has 0 bridgehead atoms. The topological polar surface area (TPSA) is 41.6 Å². The zero-order valence-electron chi connectivity index (χ0n) is 14.6. The fraction of sp³-hybridized carbons (Fsp3) is 0.941. The molecule has 1 unspecified atom stereocenters. The molecule has 0 saturated carbocycles. The van der Waals surface area contributed by atoms with Gasteiger partial charge < -0.3 is 10.1 Å². The van der Waals surface area contributed by atoms with E-state index in [1.165, 1.54) is 0 Å². The quantitative estimate of drug-likeness (QED) is 0.785. The van der Waals surface area contributed by atoms with Crippen LogP contribution >= 0.6 is 0 Å². The van der Waals surface area contributed by atoms with E-state index in [1.807, 2.05) is 0 Å². The van der Waals surface area contributed by atoms with Crippen LogP contribution in [0.15, 0.2) is 0 Å². The predicted molar refractivity (Wildman–Crippen MR) is 87.3 cm³/mol. The van der Waals surface area contributed by atoms with Gasteiger partial charge in [0, 0.05) is 32.1 Å².